The van der Waals surface area contributed by atoms with Gasteiger partial charge in [0.1, 0.15) is 5.82 Å². The van der Waals surface area contributed by atoms with Crippen LogP contribution in [0.2, 0.25) is 0 Å². The molecule has 1 heterocycles. The minimum absolute atomic E-state index is 0.153. The second kappa shape index (κ2) is 8.45. The van der Waals surface area contributed by atoms with E-state index in [-0.39, 0.29) is 5.91 Å². The van der Waals surface area contributed by atoms with Gasteiger partial charge in [0.15, 0.2) is 0 Å². The highest BCUT2D eigenvalue weighted by Crippen LogP contribution is 2.17. The van der Waals surface area contributed by atoms with E-state index in [1.807, 2.05) is 44.4 Å². The molecule has 0 spiro atoms. The molecule has 0 saturated carbocycles. The van der Waals surface area contributed by atoms with E-state index in [0.717, 1.165) is 24.6 Å². The molecule has 0 unspecified atom stereocenters. The van der Waals surface area contributed by atoms with Crippen molar-refractivity contribution in [1.29, 1.82) is 0 Å². The SMILES string of the molecule is CC(C)c1ccc(NC(=O)c2ccc(NCCN(C)C)nc2)cc1. The number of hydrogen-bond acceptors (Lipinski definition) is 4. The minimum atomic E-state index is -0.153. The molecule has 0 saturated heterocycles. The second-order valence-corrected chi connectivity index (χ2v) is 6.39. The topological polar surface area (TPSA) is 57.3 Å². The summed E-state index contributed by atoms with van der Waals surface area (Å²) in [6.45, 7) is 6.03. The zero-order valence-corrected chi connectivity index (χ0v) is 14.8. The lowest BCUT2D eigenvalue weighted by Gasteiger charge is -2.11. The summed E-state index contributed by atoms with van der Waals surface area (Å²) in [6, 6.07) is 11.5. The van der Waals surface area contributed by atoms with Gasteiger partial charge < -0.3 is 15.5 Å². The van der Waals surface area contributed by atoms with Gasteiger partial charge in [-0.15, -0.1) is 0 Å². The first kappa shape index (κ1) is 17.9. The zero-order chi connectivity index (χ0) is 17.5. The summed E-state index contributed by atoms with van der Waals surface area (Å²) in [4.78, 5) is 18.7. The van der Waals surface area contributed by atoms with E-state index in [1.165, 1.54) is 5.56 Å². The predicted molar refractivity (Wildman–Crippen MR) is 99.8 cm³/mol. The summed E-state index contributed by atoms with van der Waals surface area (Å²) < 4.78 is 0. The van der Waals surface area contributed by atoms with Gasteiger partial charge in [0.05, 0.1) is 5.56 Å². The van der Waals surface area contributed by atoms with Gasteiger partial charge in [-0.2, -0.15) is 0 Å². The molecule has 0 aliphatic carbocycles. The maximum Gasteiger partial charge on any atom is 0.257 e. The lowest BCUT2D eigenvalue weighted by molar-refractivity contribution is 0.102. The summed E-state index contributed by atoms with van der Waals surface area (Å²) in [5, 5.41) is 6.12. The lowest BCUT2D eigenvalue weighted by Crippen LogP contribution is -2.21. The number of benzene rings is 1. The van der Waals surface area contributed by atoms with Gasteiger partial charge in [-0.3, -0.25) is 4.79 Å². The van der Waals surface area contributed by atoms with E-state index in [4.69, 9.17) is 0 Å². The van der Waals surface area contributed by atoms with Crippen molar-refractivity contribution in [3.63, 3.8) is 0 Å². The molecule has 0 aliphatic rings. The number of likely N-dealkylation sites (N-methyl/N-ethyl adjacent to an activating group) is 1. The molecule has 5 heteroatoms. The van der Waals surface area contributed by atoms with Crippen LogP contribution in [0.3, 0.4) is 0 Å². The molecular formula is C19H26N4O. The molecular weight excluding hydrogens is 300 g/mol. The van der Waals surface area contributed by atoms with Crippen molar-refractivity contribution in [3.8, 4) is 0 Å². The van der Waals surface area contributed by atoms with Crippen LogP contribution in [-0.4, -0.2) is 43.0 Å². The second-order valence-electron chi connectivity index (χ2n) is 6.39. The molecule has 5 nitrogen and oxygen atoms in total. The van der Waals surface area contributed by atoms with Crippen LogP contribution < -0.4 is 10.6 Å². The molecule has 0 atom stereocenters. The monoisotopic (exact) mass is 326 g/mol. The number of carbonyl (C=O) groups excluding carboxylic acids is 1. The van der Waals surface area contributed by atoms with Crippen molar-refractivity contribution in [3.05, 3.63) is 53.7 Å². The van der Waals surface area contributed by atoms with Gasteiger partial charge >= 0.3 is 0 Å². The number of rotatable bonds is 7. The van der Waals surface area contributed by atoms with Crippen LogP contribution in [-0.2, 0) is 0 Å². The first-order chi connectivity index (χ1) is 11.5. The smallest absolute Gasteiger partial charge is 0.257 e. The van der Waals surface area contributed by atoms with Crippen LogP contribution in [0.15, 0.2) is 42.6 Å². The van der Waals surface area contributed by atoms with Crippen molar-refractivity contribution >= 4 is 17.4 Å². The molecule has 24 heavy (non-hydrogen) atoms. The van der Waals surface area contributed by atoms with Crippen LogP contribution >= 0.6 is 0 Å². The van der Waals surface area contributed by atoms with E-state index in [1.54, 1.807) is 12.3 Å². The van der Waals surface area contributed by atoms with E-state index < -0.39 is 0 Å². The number of amides is 1. The Morgan fingerprint density at radius 2 is 1.83 bits per heavy atom. The van der Waals surface area contributed by atoms with Crippen molar-refractivity contribution in [2.75, 3.05) is 37.8 Å². The number of anilines is 2. The Kier molecular flexibility index (Phi) is 6.32. The fourth-order valence-corrected chi connectivity index (χ4v) is 2.19. The first-order valence-electron chi connectivity index (χ1n) is 8.21. The van der Waals surface area contributed by atoms with Crippen LogP contribution in [0.4, 0.5) is 11.5 Å². The van der Waals surface area contributed by atoms with Crippen LogP contribution in [0.1, 0.15) is 35.7 Å². The highest BCUT2D eigenvalue weighted by atomic mass is 16.1. The standard InChI is InChI=1S/C19H26N4O/c1-14(2)15-5-8-17(9-6-15)22-19(24)16-7-10-18(21-13-16)20-11-12-23(3)4/h5-10,13-14H,11-12H2,1-4H3,(H,20,21)(H,22,24). The van der Waals surface area contributed by atoms with E-state index in [0.29, 0.717) is 11.5 Å². The molecule has 1 aromatic carbocycles. The fourth-order valence-electron chi connectivity index (χ4n) is 2.19. The summed E-state index contributed by atoms with van der Waals surface area (Å²) in [6.07, 6.45) is 1.59. The summed E-state index contributed by atoms with van der Waals surface area (Å²) >= 11 is 0. The fraction of sp³-hybridized carbons (Fsp3) is 0.368. The van der Waals surface area contributed by atoms with E-state index in [2.05, 4.69) is 34.4 Å². The third kappa shape index (κ3) is 5.35. The van der Waals surface area contributed by atoms with Gasteiger partial charge in [0.25, 0.3) is 5.91 Å². The van der Waals surface area contributed by atoms with E-state index in [9.17, 15) is 4.79 Å². The van der Waals surface area contributed by atoms with Gasteiger partial charge in [-0.25, -0.2) is 4.98 Å². The van der Waals surface area contributed by atoms with Crippen LogP contribution in [0, 0.1) is 0 Å². The van der Waals surface area contributed by atoms with E-state index >= 15 is 0 Å². The quantitative estimate of drug-likeness (QED) is 0.818. The van der Waals surface area contributed by atoms with Gasteiger partial charge in [0.2, 0.25) is 0 Å². The van der Waals surface area contributed by atoms with Crippen LogP contribution in [0.25, 0.3) is 0 Å². The minimum Gasteiger partial charge on any atom is -0.369 e. The Labute approximate surface area is 144 Å². The Balaban J connectivity index is 1.92. The first-order valence-corrected chi connectivity index (χ1v) is 8.21. The summed E-state index contributed by atoms with van der Waals surface area (Å²) in [5.74, 6) is 1.10. The molecule has 1 amide bonds. The van der Waals surface area contributed by atoms with Gasteiger partial charge in [-0.05, 0) is 49.8 Å². The largest absolute Gasteiger partial charge is 0.369 e. The molecule has 0 radical (unpaired) electrons. The number of pyridine rings is 1. The van der Waals surface area contributed by atoms with Gasteiger partial charge in [-0.1, -0.05) is 26.0 Å². The molecule has 2 N–H and O–H groups in total. The highest BCUT2D eigenvalue weighted by molar-refractivity contribution is 6.04. The Morgan fingerprint density at radius 1 is 1.12 bits per heavy atom. The maximum absolute atomic E-state index is 12.3. The number of carbonyl (C=O) groups is 1. The molecule has 2 rings (SSSR count). The summed E-state index contributed by atoms with van der Waals surface area (Å²) in [5.41, 5.74) is 2.58. The van der Waals surface area contributed by atoms with Crippen molar-refractivity contribution in [2.24, 2.45) is 0 Å². The summed E-state index contributed by atoms with van der Waals surface area (Å²) in [7, 11) is 4.05. The molecule has 0 bridgehead atoms. The Morgan fingerprint density at radius 3 is 2.38 bits per heavy atom. The third-order valence-electron chi connectivity index (χ3n) is 3.73. The maximum atomic E-state index is 12.3. The van der Waals surface area contributed by atoms with Crippen molar-refractivity contribution < 1.29 is 4.79 Å². The molecule has 2 aromatic rings. The highest BCUT2D eigenvalue weighted by Gasteiger charge is 2.07. The number of aromatic nitrogens is 1. The molecule has 0 fully saturated rings. The third-order valence-corrected chi connectivity index (χ3v) is 3.73. The zero-order valence-electron chi connectivity index (χ0n) is 14.8. The number of hydrogen-bond donors (Lipinski definition) is 2. The molecule has 128 valence electrons. The Bertz CT molecular complexity index is 648. The Hall–Kier alpha value is -2.40. The van der Waals surface area contributed by atoms with Gasteiger partial charge in [0, 0.05) is 25.0 Å². The number of nitrogens with one attached hydrogen (secondary N) is 2. The average Bonchev–Trinajstić information content (AvgIpc) is 2.55. The van der Waals surface area contributed by atoms with Crippen molar-refractivity contribution in [1.82, 2.24) is 9.88 Å². The van der Waals surface area contributed by atoms with Crippen molar-refractivity contribution in [2.45, 2.75) is 19.8 Å². The average molecular weight is 326 g/mol. The van der Waals surface area contributed by atoms with Crippen LogP contribution in [0.5, 0.6) is 0 Å². The normalized spacial score (nSPS) is 10.9. The predicted octanol–water partition coefficient (Wildman–Crippen LogP) is 3.43. The molecule has 0 aliphatic heterocycles. The molecule has 1 aromatic heterocycles. The lowest BCUT2D eigenvalue weighted by atomic mass is 10.0. The number of nitrogens with zero attached hydrogens (tertiary/aromatic N) is 2.